The average molecular weight is 181 g/mol. The van der Waals surface area contributed by atoms with Crippen molar-refractivity contribution in [3.8, 4) is 0 Å². The van der Waals surface area contributed by atoms with E-state index in [0.29, 0.717) is 12.0 Å². The van der Waals surface area contributed by atoms with E-state index in [2.05, 4.69) is 37.4 Å². The van der Waals surface area contributed by atoms with Gasteiger partial charge in [-0.2, -0.15) is 5.10 Å². The zero-order chi connectivity index (χ0) is 9.84. The summed E-state index contributed by atoms with van der Waals surface area (Å²) in [5, 5.41) is 7.48. The largest absolute Gasteiger partial charge is 0.318 e. The molecule has 1 rings (SSSR count). The Morgan fingerprint density at radius 3 is 2.62 bits per heavy atom. The monoisotopic (exact) mass is 181 g/mol. The molecule has 0 saturated carbocycles. The minimum atomic E-state index is 0.428. The smallest absolute Gasteiger partial charge is 0.0615 e. The quantitative estimate of drug-likeness (QED) is 0.767. The van der Waals surface area contributed by atoms with Gasteiger partial charge in [-0.15, -0.1) is 0 Å². The van der Waals surface area contributed by atoms with Gasteiger partial charge in [0.1, 0.15) is 0 Å². The van der Waals surface area contributed by atoms with Crippen LogP contribution < -0.4 is 5.32 Å². The van der Waals surface area contributed by atoms with Crippen LogP contribution in [0, 0.1) is 0 Å². The zero-order valence-electron chi connectivity index (χ0n) is 8.91. The summed E-state index contributed by atoms with van der Waals surface area (Å²) in [6.07, 6.45) is 4.09. The van der Waals surface area contributed by atoms with E-state index in [0.717, 1.165) is 6.54 Å². The molecule has 0 saturated heterocycles. The molecule has 3 heteroatoms. The van der Waals surface area contributed by atoms with Gasteiger partial charge in [0.15, 0.2) is 0 Å². The normalized spacial score (nSPS) is 13.6. The van der Waals surface area contributed by atoms with E-state index in [1.807, 2.05) is 17.9 Å². The lowest BCUT2D eigenvalue weighted by atomic mass is 10.1. The second-order valence-corrected chi connectivity index (χ2v) is 3.82. The molecular formula is C10H19N3. The molecule has 0 bridgehead atoms. The summed E-state index contributed by atoms with van der Waals surface area (Å²) in [7, 11) is 1.96. The Morgan fingerprint density at radius 1 is 1.46 bits per heavy atom. The van der Waals surface area contributed by atoms with Crippen molar-refractivity contribution in [1.82, 2.24) is 15.1 Å². The van der Waals surface area contributed by atoms with E-state index in [1.165, 1.54) is 5.56 Å². The van der Waals surface area contributed by atoms with Crippen LogP contribution in [0.1, 0.15) is 38.3 Å². The first-order valence-corrected chi connectivity index (χ1v) is 4.83. The van der Waals surface area contributed by atoms with Gasteiger partial charge in [-0.05, 0) is 25.5 Å². The fraction of sp³-hybridized carbons (Fsp3) is 0.700. The Bertz CT molecular complexity index is 252. The van der Waals surface area contributed by atoms with Crippen molar-refractivity contribution >= 4 is 0 Å². The van der Waals surface area contributed by atoms with Gasteiger partial charge in [-0.3, -0.25) is 4.68 Å². The van der Waals surface area contributed by atoms with E-state index in [9.17, 15) is 0 Å². The van der Waals surface area contributed by atoms with Crippen LogP contribution in [0.2, 0.25) is 0 Å². The van der Waals surface area contributed by atoms with Crippen molar-refractivity contribution < 1.29 is 0 Å². The highest BCUT2D eigenvalue weighted by Crippen LogP contribution is 2.14. The average Bonchev–Trinajstić information content (AvgIpc) is 2.52. The summed E-state index contributed by atoms with van der Waals surface area (Å²) in [6, 6.07) is 0.428. The van der Waals surface area contributed by atoms with Crippen LogP contribution in [0.15, 0.2) is 12.4 Å². The molecule has 1 N–H and O–H groups in total. The number of aromatic nitrogens is 2. The van der Waals surface area contributed by atoms with Crippen molar-refractivity contribution in [2.75, 3.05) is 13.6 Å². The van der Waals surface area contributed by atoms with Gasteiger partial charge in [0.2, 0.25) is 0 Å². The first-order chi connectivity index (χ1) is 6.15. The molecule has 1 heterocycles. The second-order valence-electron chi connectivity index (χ2n) is 3.82. The summed E-state index contributed by atoms with van der Waals surface area (Å²) in [5.41, 5.74) is 1.31. The minimum absolute atomic E-state index is 0.428. The zero-order valence-corrected chi connectivity index (χ0v) is 8.91. The third kappa shape index (κ3) is 2.56. The fourth-order valence-corrected chi connectivity index (χ4v) is 1.28. The third-order valence-electron chi connectivity index (χ3n) is 2.24. The van der Waals surface area contributed by atoms with E-state index < -0.39 is 0 Å². The molecule has 0 aliphatic heterocycles. The third-order valence-corrected chi connectivity index (χ3v) is 2.24. The summed E-state index contributed by atoms with van der Waals surface area (Å²) >= 11 is 0. The Morgan fingerprint density at radius 2 is 2.15 bits per heavy atom. The molecule has 0 spiro atoms. The van der Waals surface area contributed by atoms with Gasteiger partial charge >= 0.3 is 0 Å². The molecule has 1 aromatic rings. The van der Waals surface area contributed by atoms with E-state index in [4.69, 9.17) is 0 Å². The lowest BCUT2D eigenvalue weighted by Crippen LogP contribution is -2.20. The van der Waals surface area contributed by atoms with Gasteiger partial charge < -0.3 is 5.32 Å². The number of nitrogens with one attached hydrogen (secondary N) is 1. The predicted molar refractivity (Wildman–Crippen MR) is 55.0 cm³/mol. The van der Waals surface area contributed by atoms with Crippen LogP contribution in [-0.2, 0) is 0 Å². The van der Waals surface area contributed by atoms with Crippen molar-refractivity contribution in [3.63, 3.8) is 0 Å². The van der Waals surface area contributed by atoms with Crippen LogP contribution in [0.3, 0.4) is 0 Å². The van der Waals surface area contributed by atoms with Gasteiger partial charge in [-0.25, -0.2) is 0 Å². The molecule has 0 aliphatic carbocycles. The lowest BCUT2D eigenvalue weighted by Gasteiger charge is -2.10. The van der Waals surface area contributed by atoms with Gasteiger partial charge in [0, 0.05) is 12.7 Å². The molecule has 3 nitrogen and oxygen atoms in total. The number of nitrogens with zero attached hydrogens (tertiary/aromatic N) is 2. The minimum Gasteiger partial charge on any atom is -0.318 e. The first kappa shape index (κ1) is 10.3. The molecular weight excluding hydrogens is 162 g/mol. The SMILES string of the molecule is CNCC(C)n1cc(C(C)C)cn1. The molecule has 74 valence electrons. The Kier molecular flexibility index (Phi) is 3.48. The predicted octanol–water partition coefficient (Wildman–Crippen LogP) is 1.79. The number of likely N-dealkylation sites (N-methyl/N-ethyl adjacent to an activating group) is 1. The van der Waals surface area contributed by atoms with Crippen molar-refractivity contribution in [2.45, 2.75) is 32.7 Å². The van der Waals surface area contributed by atoms with E-state index >= 15 is 0 Å². The molecule has 0 aromatic carbocycles. The highest BCUT2D eigenvalue weighted by molar-refractivity contribution is 5.09. The standard InChI is InChI=1S/C10H19N3/c1-8(2)10-6-12-13(7-10)9(3)5-11-4/h6-9,11H,5H2,1-4H3. The first-order valence-electron chi connectivity index (χ1n) is 4.83. The Hall–Kier alpha value is -0.830. The maximum atomic E-state index is 4.33. The highest BCUT2D eigenvalue weighted by atomic mass is 15.3. The lowest BCUT2D eigenvalue weighted by molar-refractivity contribution is 0.470. The molecule has 1 unspecified atom stereocenters. The van der Waals surface area contributed by atoms with Crippen LogP contribution in [0.25, 0.3) is 0 Å². The molecule has 0 amide bonds. The Balaban J connectivity index is 2.67. The van der Waals surface area contributed by atoms with Gasteiger partial charge in [0.25, 0.3) is 0 Å². The van der Waals surface area contributed by atoms with Crippen molar-refractivity contribution in [1.29, 1.82) is 0 Å². The molecule has 1 aromatic heterocycles. The maximum absolute atomic E-state index is 4.33. The summed E-state index contributed by atoms with van der Waals surface area (Å²) in [5.74, 6) is 0.565. The summed E-state index contributed by atoms with van der Waals surface area (Å²) in [6.45, 7) is 7.49. The van der Waals surface area contributed by atoms with Crippen LogP contribution in [0.4, 0.5) is 0 Å². The maximum Gasteiger partial charge on any atom is 0.0615 e. The molecule has 0 fully saturated rings. The van der Waals surface area contributed by atoms with Crippen LogP contribution >= 0.6 is 0 Å². The summed E-state index contributed by atoms with van der Waals surface area (Å²) < 4.78 is 2.02. The molecule has 13 heavy (non-hydrogen) atoms. The molecule has 0 radical (unpaired) electrons. The molecule has 1 atom stereocenters. The fourth-order valence-electron chi connectivity index (χ4n) is 1.28. The Labute approximate surface area is 80.1 Å². The number of hydrogen-bond donors (Lipinski definition) is 1. The van der Waals surface area contributed by atoms with Gasteiger partial charge in [-0.1, -0.05) is 13.8 Å². The summed E-state index contributed by atoms with van der Waals surface area (Å²) in [4.78, 5) is 0. The van der Waals surface area contributed by atoms with E-state index in [-0.39, 0.29) is 0 Å². The topological polar surface area (TPSA) is 29.9 Å². The van der Waals surface area contributed by atoms with Crippen molar-refractivity contribution in [3.05, 3.63) is 18.0 Å². The van der Waals surface area contributed by atoms with E-state index in [1.54, 1.807) is 0 Å². The highest BCUT2D eigenvalue weighted by Gasteiger charge is 2.07. The number of hydrogen-bond acceptors (Lipinski definition) is 2. The second kappa shape index (κ2) is 4.42. The van der Waals surface area contributed by atoms with Crippen molar-refractivity contribution in [2.24, 2.45) is 0 Å². The molecule has 0 aliphatic rings. The van der Waals surface area contributed by atoms with Crippen LogP contribution in [-0.4, -0.2) is 23.4 Å². The number of rotatable bonds is 4. The van der Waals surface area contributed by atoms with Crippen LogP contribution in [0.5, 0.6) is 0 Å². The van der Waals surface area contributed by atoms with Gasteiger partial charge in [0.05, 0.1) is 12.2 Å².